The second kappa shape index (κ2) is 7.78. The zero-order valence-electron chi connectivity index (χ0n) is 17.3. The van der Waals surface area contributed by atoms with Gasteiger partial charge in [0.1, 0.15) is 5.82 Å². The van der Waals surface area contributed by atoms with Crippen LogP contribution in [0.3, 0.4) is 0 Å². The highest BCUT2D eigenvalue weighted by Gasteiger charge is 2.46. The molecule has 1 atom stereocenters. The number of Topliss-reactive ketones (excluding diaryl/α,β-unsaturated/α-hetero) is 1. The number of nitrogens with zero attached hydrogens (tertiary/aromatic N) is 2. The summed E-state index contributed by atoms with van der Waals surface area (Å²) in [7, 11) is 0. The van der Waals surface area contributed by atoms with Crippen LogP contribution >= 0.6 is 27.3 Å². The minimum atomic E-state index is -4.63. The minimum Gasteiger partial charge on any atom is -0.384 e. The van der Waals surface area contributed by atoms with E-state index in [9.17, 15) is 23.2 Å². The van der Waals surface area contributed by atoms with E-state index in [2.05, 4.69) is 22.0 Å². The Morgan fingerprint density at radius 3 is 2.50 bits per heavy atom. The summed E-state index contributed by atoms with van der Waals surface area (Å²) in [5.74, 6) is -0.965. The molecular weight excluding hydrogens is 503 g/mol. The summed E-state index contributed by atoms with van der Waals surface area (Å²) in [6.07, 6.45) is -4.04. The summed E-state index contributed by atoms with van der Waals surface area (Å²) in [6, 6.07) is 10.8. The molecular formula is C23H19BrF3N3OS. The third-order valence-electron chi connectivity index (χ3n) is 5.71. The van der Waals surface area contributed by atoms with Gasteiger partial charge in [-0.2, -0.15) is 18.4 Å². The molecule has 9 heteroatoms. The van der Waals surface area contributed by atoms with E-state index in [1.807, 2.05) is 19.9 Å². The van der Waals surface area contributed by atoms with Crippen LogP contribution in [0.15, 0.2) is 62.8 Å². The fourth-order valence-corrected chi connectivity index (χ4v) is 6.00. The predicted octanol–water partition coefficient (Wildman–Crippen LogP) is 6.47. The van der Waals surface area contributed by atoms with Crippen molar-refractivity contribution in [2.24, 2.45) is 11.1 Å². The lowest BCUT2D eigenvalue weighted by molar-refractivity contribution is -0.137. The highest BCUT2D eigenvalue weighted by molar-refractivity contribution is 9.11. The molecule has 1 aliphatic carbocycles. The van der Waals surface area contributed by atoms with Crippen LogP contribution in [0.2, 0.25) is 0 Å². The molecule has 32 heavy (non-hydrogen) atoms. The maximum absolute atomic E-state index is 13.9. The van der Waals surface area contributed by atoms with Gasteiger partial charge in [-0.1, -0.05) is 26.0 Å². The van der Waals surface area contributed by atoms with Crippen molar-refractivity contribution < 1.29 is 18.0 Å². The third-order valence-corrected chi connectivity index (χ3v) is 7.40. The van der Waals surface area contributed by atoms with Crippen LogP contribution in [0.5, 0.6) is 0 Å². The summed E-state index contributed by atoms with van der Waals surface area (Å²) in [6.45, 7) is 3.80. The summed E-state index contributed by atoms with van der Waals surface area (Å²) >= 11 is 4.78. The maximum Gasteiger partial charge on any atom is 0.418 e. The first kappa shape index (κ1) is 22.6. The lowest BCUT2D eigenvalue weighted by Crippen LogP contribution is -2.42. The quantitative estimate of drug-likeness (QED) is 0.491. The van der Waals surface area contributed by atoms with Gasteiger partial charge in [0.15, 0.2) is 5.78 Å². The number of thiophene rings is 1. The zero-order valence-corrected chi connectivity index (χ0v) is 19.7. The molecule has 4 rings (SSSR count). The van der Waals surface area contributed by atoms with E-state index in [1.165, 1.54) is 34.4 Å². The van der Waals surface area contributed by atoms with E-state index in [0.717, 1.165) is 14.7 Å². The van der Waals surface area contributed by atoms with Gasteiger partial charge < -0.3 is 5.73 Å². The number of nitriles is 1. The van der Waals surface area contributed by atoms with Gasteiger partial charge in [-0.05, 0) is 52.0 Å². The molecule has 2 heterocycles. The van der Waals surface area contributed by atoms with Gasteiger partial charge in [-0.25, -0.2) is 0 Å². The standard InChI is InChI=1S/C23H19BrF3N3OS/c1-22(2)9-15-20(16(31)10-22)19(17-7-8-18(24)32-17)12(11-28)21(29)30(15)14-6-4-3-5-13(14)23(25,26)27/h3-8,19H,9-10,29H2,1-2H3/t19-/m1/s1. The van der Waals surface area contributed by atoms with E-state index in [-0.39, 0.29) is 29.3 Å². The van der Waals surface area contributed by atoms with Crippen molar-refractivity contribution in [3.05, 3.63) is 73.3 Å². The Balaban J connectivity index is 2.04. The van der Waals surface area contributed by atoms with Crippen molar-refractivity contribution in [3.8, 4) is 6.07 Å². The number of carbonyl (C=O) groups excluding carboxylic acids is 1. The Labute approximate surface area is 196 Å². The number of carbonyl (C=O) groups is 1. The summed E-state index contributed by atoms with van der Waals surface area (Å²) in [4.78, 5) is 15.4. The lowest BCUT2D eigenvalue weighted by Gasteiger charge is -2.44. The van der Waals surface area contributed by atoms with Crippen LogP contribution < -0.4 is 10.6 Å². The molecule has 0 spiro atoms. The van der Waals surface area contributed by atoms with Gasteiger partial charge in [0, 0.05) is 22.6 Å². The van der Waals surface area contributed by atoms with Crippen LogP contribution in [0, 0.1) is 16.7 Å². The SMILES string of the molecule is CC1(C)CC(=O)C2=C(C1)N(c1ccccc1C(F)(F)F)C(N)=C(C#N)[C@@H]2c1ccc(Br)s1. The number of alkyl halides is 3. The smallest absolute Gasteiger partial charge is 0.384 e. The number of hydrogen-bond acceptors (Lipinski definition) is 5. The van der Waals surface area contributed by atoms with E-state index in [4.69, 9.17) is 5.73 Å². The Kier molecular flexibility index (Phi) is 5.50. The zero-order chi connectivity index (χ0) is 23.4. The molecule has 0 saturated carbocycles. The van der Waals surface area contributed by atoms with Crippen molar-refractivity contribution in [1.29, 1.82) is 5.26 Å². The van der Waals surface area contributed by atoms with E-state index < -0.39 is 23.1 Å². The second-order valence-electron chi connectivity index (χ2n) is 8.64. The minimum absolute atomic E-state index is 0.0723. The number of halogens is 4. The van der Waals surface area contributed by atoms with Crippen LogP contribution in [0.1, 0.15) is 43.0 Å². The van der Waals surface area contributed by atoms with Crippen molar-refractivity contribution >= 4 is 38.7 Å². The van der Waals surface area contributed by atoms with Crippen LogP contribution in [-0.4, -0.2) is 5.78 Å². The number of nitrogens with two attached hydrogens (primary N) is 1. The number of anilines is 1. The van der Waals surface area contributed by atoms with Gasteiger partial charge >= 0.3 is 6.18 Å². The van der Waals surface area contributed by atoms with E-state index >= 15 is 0 Å². The molecule has 1 aromatic carbocycles. The van der Waals surface area contributed by atoms with Crippen molar-refractivity contribution in [3.63, 3.8) is 0 Å². The third kappa shape index (κ3) is 3.76. The monoisotopic (exact) mass is 521 g/mol. The number of rotatable bonds is 2. The van der Waals surface area contributed by atoms with Crippen LogP contribution in [0.4, 0.5) is 18.9 Å². The number of para-hydroxylation sites is 1. The number of benzene rings is 1. The largest absolute Gasteiger partial charge is 0.418 e. The average Bonchev–Trinajstić information content (AvgIpc) is 3.11. The number of ketones is 1. The molecule has 2 N–H and O–H groups in total. The Bertz CT molecular complexity index is 1220. The van der Waals surface area contributed by atoms with Crippen molar-refractivity contribution in [1.82, 2.24) is 0 Å². The summed E-state index contributed by atoms with van der Waals surface area (Å²) in [5.41, 5.74) is 5.74. The fourth-order valence-electron chi connectivity index (χ4n) is 4.46. The normalized spacial score (nSPS) is 21.0. The van der Waals surface area contributed by atoms with Gasteiger partial charge in [0.2, 0.25) is 0 Å². The van der Waals surface area contributed by atoms with E-state index in [1.54, 1.807) is 6.07 Å². The topological polar surface area (TPSA) is 70.1 Å². The molecule has 1 aromatic heterocycles. The number of allylic oxidation sites excluding steroid dienone is 3. The molecule has 0 fully saturated rings. The van der Waals surface area contributed by atoms with Gasteiger partial charge in [0.05, 0.1) is 32.6 Å². The molecule has 0 bridgehead atoms. The average molecular weight is 522 g/mol. The van der Waals surface area contributed by atoms with Crippen molar-refractivity contribution in [2.45, 2.75) is 38.8 Å². The Morgan fingerprint density at radius 1 is 1.22 bits per heavy atom. The predicted molar refractivity (Wildman–Crippen MR) is 121 cm³/mol. The lowest BCUT2D eigenvalue weighted by atomic mass is 9.69. The van der Waals surface area contributed by atoms with E-state index in [0.29, 0.717) is 17.7 Å². The molecule has 2 aromatic rings. The van der Waals surface area contributed by atoms with Crippen LogP contribution in [0.25, 0.3) is 0 Å². The first-order valence-electron chi connectivity index (χ1n) is 9.82. The molecule has 0 amide bonds. The second-order valence-corrected chi connectivity index (χ2v) is 11.1. The first-order valence-corrected chi connectivity index (χ1v) is 11.4. The van der Waals surface area contributed by atoms with Crippen LogP contribution in [-0.2, 0) is 11.0 Å². The Hall–Kier alpha value is -2.57. The maximum atomic E-state index is 13.9. The van der Waals surface area contributed by atoms with Gasteiger partial charge in [-0.3, -0.25) is 9.69 Å². The molecule has 0 radical (unpaired) electrons. The number of hydrogen-bond donors (Lipinski definition) is 1. The highest BCUT2D eigenvalue weighted by Crippen LogP contribution is 2.52. The first-order chi connectivity index (χ1) is 14.9. The van der Waals surface area contributed by atoms with Crippen molar-refractivity contribution in [2.75, 3.05) is 4.90 Å². The molecule has 166 valence electrons. The van der Waals surface area contributed by atoms with Gasteiger partial charge in [0.25, 0.3) is 0 Å². The molecule has 0 saturated heterocycles. The van der Waals surface area contributed by atoms with Gasteiger partial charge in [-0.15, -0.1) is 11.3 Å². The fraction of sp³-hybridized carbons (Fsp3) is 0.304. The highest BCUT2D eigenvalue weighted by atomic mass is 79.9. The molecule has 1 aliphatic heterocycles. The Morgan fingerprint density at radius 2 is 1.91 bits per heavy atom. The summed E-state index contributed by atoms with van der Waals surface area (Å²) < 4.78 is 42.4. The molecule has 2 aliphatic rings. The molecule has 0 unspecified atom stereocenters. The summed E-state index contributed by atoms with van der Waals surface area (Å²) in [5, 5.41) is 10.00. The molecule has 4 nitrogen and oxygen atoms in total.